The molecule has 2 saturated heterocycles. The van der Waals surface area contributed by atoms with Crippen molar-refractivity contribution < 1.29 is 9.47 Å². The standard InChI is InChI=1S/C22H31NO2S/c1-7-20(2,3)21(4)13-14-22(5)23(19(21)26)17(15-24-6)18(25-22)16-11-9-8-10-12-16/h7-12,17-18H,1,13-15H2,2-6H3/t17-,18-,21+,22+/m0/s1. The summed E-state index contributed by atoms with van der Waals surface area (Å²) < 4.78 is 12.2. The van der Waals surface area contributed by atoms with Crippen LogP contribution in [0.1, 0.15) is 52.2 Å². The van der Waals surface area contributed by atoms with E-state index in [2.05, 4.69) is 63.4 Å². The van der Waals surface area contributed by atoms with Gasteiger partial charge in [0.15, 0.2) is 0 Å². The number of nitrogens with zero attached hydrogens (tertiary/aromatic N) is 1. The van der Waals surface area contributed by atoms with Crippen molar-refractivity contribution in [2.75, 3.05) is 13.7 Å². The minimum absolute atomic E-state index is 0.0479. The third-order valence-corrected chi connectivity index (χ3v) is 7.40. The molecular formula is C22H31NO2S. The van der Waals surface area contributed by atoms with Gasteiger partial charge in [0.2, 0.25) is 0 Å². The van der Waals surface area contributed by atoms with Crippen molar-refractivity contribution in [2.45, 2.75) is 58.4 Å². The van der Waals surface area contributed by atoms with Gasteiger partial charge in [0.25, 0.3) is 0 Å². The molecule has 0 saturated carbocycles. The van der Waals surface area contributed by atoms with Gasteiger partial charge in [-0.05, 0) is 30.7 Å². The molecule has 2 fully saturated rings. The van der Waals surface area contributed by atoms with E-state index in [1.54, 1.807) is 7.11 Å². The van der Waals surface area contributed by atoms with Crippen molar-refractivity contribution in [2.24, 2.45) is 10.8 Å². The second-order valence-corrected chi connectivity index (χ2v) is 8.97. The highest BCUT2D eigenvalue weighted by atomic mass is 32.1. The highest BCUT2D eigenvalue weighted by molar-refractivity contribution is 7.80. The van der Waals surface area contributed by atoms with Crippen molar-refractivity contribution in [1.82, 2.24) is 4.90 Å². The monoisotopic (exact) mass is 373 g/mol. The molecule has 0 bridgehead atoms. The molecule has 4 heteroatoms. The van der Waals surface area contributed by atoms with Crippen LogP contribution in [0.5, 0.6) is 0 Å². The molecule has 2 aliphatic heterocycles. The summed E-state index contributed by atoms with van der Waals surface area (Å²) in [4.78, 5) is 3.30. The summed E-state index contributed by atoms with van der Waals surface area (Å²) in [5.41, 5.74) is 0.563. The lowest BCUT2D eigenvalue weighted by atomic mass is 9.61. The normalized spacial score (nSPS) is 34.7. The maximum absolute atomic E-state index is 6.65. The Bertz CT molecular complexity index is 689. The van der Waals surface area contributed by atoms with E-state index in [1.807, 2.05) is 12.1 Å². The zero-order valence-corrected chi connectivity index (χ0v) is 17.4. The number of fused-ring (bicyclic) bond motifs is 1. The molecule has 0 N–H and O–H groups in total. The highest BCUT2D eigenvalue weighted by Gasteiger charge is 2.60. The first-order valence-electron chi connectivity index (χ1n) is 9.39. The average molecular weight is 374 g/mol. The zero-order valence-electron chi connectivity index (χ0n) is 16.6. The Balaban J connectivity index is 2.03. The zero-order chi connectivity index (χ0) is 19.2. The largest absolute Gasteiger partial charge is 0.382 e. The van der Waals surface area contributed by atoms with Crippen LogP contribution in [0.3, 0.4) is 0 Å². The predicted octanol–water partition coefficient (Wildman–Crippen LogP) is 5.13. The molecule has 4 atom stereocenters. The SMILES string of the molecule is C=CC(C)(C)[C@]1(C)CC[C@@]2(C)O[C@@H](c3ccccc3)[C@H](COC)N2C1=S. The van der Waals surface area contributed by atoms with E-state index in [0.717, 1.165) is 17.8 Å². The van der Waals surface area contributed by atoms with Crippen LogP contribution in [0, 0.1) is 10.8 Å². The van der Waals surface area contributed by atoms with Crippen molar-refractivity contribution in [3.8, 4) is 0 Å². The fourth-order valence-electron chi connectivity index (χ4n) is 4.38. The van der Waals surface area contributed by atoms with Crippen molar-refractivity contribution >= 4 is 17.2 Å². The second-order valence-electron chi connectivity index (χ2n) is 8.58. The molecule has 3 nitrogen and oxygen atoms in total. The molecule has 0 aliphatic carbocycles. The van der Waals surface area contributed by atoms with Crippen LogP contribution < -0.4 is 0 Å². The van der Waals surface area contributed by atoms with Crippen LogP contribution in [0.25, 0.3) is 0 Å². The quantitative estimate of drug-likeness (QED) is 0.527. The molecule has 0 spiro atoms. The fraction of sp³-hybridized carbons (Fsp3) is 0.591. The van der Waals surface area contributed by atoms with E-state index in [0.29, 0.717) is 6.61 Å². The summed E-state index contributed by atoms with van der Waals surface area (Å²) >= 11 is 6.10. The van der Waals surface area contributed by atoms with E-state index >= 15 is 0 Å². The summed E-state index contributed by atoms with van der Waals surface area (Å²) in [6, 6.07) is 10.5. The van der Waals surface area contributed by atoms with Crippen LogP contribution in [0.2, 0.25) is 0 Å². The molecule has 3 rings (SSSR count). The maximum atomic E-state index is 6.65. The third kappa shape index (κ3) is 2.83. The fourth-order valence-corrected chi connectivity index (χ4v) is 5.08. The van der Waals surface area contributed by atoms with Gasteiger partial charge in [-0.1, -0.05) is 69.4 Å². The molecule has 0 amide bonds. The lowest BCUT2D eigenvalue weighted by Gasteiger charge is -2.55. The van der Waals surface area contributed by atoms with E-state index in [1.165, 1.54) is 5.56 Å². The Kier molecular flexibility index (Phi) is 5.06. The van der Waals surface area contributed by atoms with Crippen molar-refractivity contribution in [3.05, 3.63) is 48.6 Å². The lowest BCUT2D eigenvalue weighted by Crippen LogP contribution is -2.61. The molecule has 26 heavy (non-hydrogen) atoms. The van der Waals surface area contributed by atoms with Gasteiger partial charge in [0.05, 0.1) is 17.6 Å². The minimum atomic E-state index is -0.391. The number of ether oxygens (including phenoxy) is 2. The first kappa shape index (κ1) is 19.5. The summed E-state index contributed by atoms with van der Waals surface area (Å²) in [5, 5.41) is 0. The van der Waals surface area contributed by atoms with Gasteiger partial charge in [0.1, 0.15) is 11.8 Å². The number of thiocarbonyl (C=S) groups is 1. The van der Waals surface area contributed by atoms with E-state index in [9.17, 15) is 0 Å². The lowest BCUT2D eigenvalue weighted by molar-refractivity contribution is -0.0977. The van der Waals surface area contributed by atoms with E-state index in [-0.39, 0.29) is 23.0 Å². The Labute approximate surface area is 163 Å². The summed E-state index contributed by atoms with van der Waals surface area (Å²) in [7, 11) is 1.75. The van der Waals surface area contributed by atoms with Crippen LogP contribution in [0.4, 0.5) is 0 Å². The Hall–Kier alpha value is -1.23. The first-order valence-corrected chi connectivity index (χ1v) is 9.80. The van der Waals surface area contributed by atoms with E-state index < -0.39 is 5.72 Å². The van der Waals surface area contributed by atoms with Crippen LogP contribution in [0.15, 0.2) is 43.0 Å². The number of hydrogen-bond donors (Lipinski definition) is 0. The minimum Gasteiger partial charge on any atom is -0.382 e. The molecule has 1 aromatic rings. The highest BCUT2D eigenvalue weighted by Crippen LogP contribution is 2.56. The van der Waals surface area contributed by atoms with Gasteiger partial charge < -0.3 is 14.4 Å². The maximum Gasteiger partial charge on any atom is 0.140 e. The molecule has 0 unspecified atom stereocenters. The van der Waals surface area contributed by atoms with Gasteiger partial charge in [-0.15, -0.1) is 6.58 Å². The first-order chi connectivity index (χ1) is 12.2. The van der Waals surface area contributed by atoms with Gasteiger partial charge in [-0.3, -0.25) is 0 Å². The van der Waals surface area contributed by atoms with Gasteiger partial charge in [0, 0.05) is 12.5 Å². The summed E-state index contributed by atoms with van der Waals surface area (Å²) in [5.74, 6) is 0. The average Bonchev–Trinajstić information content (AvgIpc) is 2.93. The molecular weight excluding hydrogens is 342 g/mol. The third-order valence-electron chi connectivity index (χ3n) is 6.75. The number of hydrogen-bond acceptors (Lipinski definition) is 3. The number of methoxy groups -OCH3 is 1. The smallest absolute Gasteiger partial charge is 0.140 e. The number of allylic oxidation sites excluding steroid dienone is 1. The molecule has 1 aromatic carbocycles. The molecule has 142 valence electrons. The molecule has 2 aliphatic rings. The Morgan fingerprint density at radius 2 is 1.96 bits per heavy atom. The second kappa shape index (κ2) is 6.74. The van der Waals surface area contributed by atoms with Crippen LogP contribution in [-0.4, -0.2) is 35.4 Å². The number of benzene rings is 1. The van der Waals surface area contributed by atoms with Gasteiger partial charge in [-0.25, -0.2) is 0 Å². The summed E-state index contributed by atoms with van der Waals surface area (Å²) in [6.07, 6.45) is 3.91. The molecule has 2 heterocycles. The van der Waals surface area contributed by atoms with Crippen LogP contribution >= 0.6 is 12.2 Å². The van der Waals surface area contributed by atoms with Crippen molar-refractivity contribution in [3.63, 3.8) is 0 Å². The number of rotatable bonds is 5. The Morgan fingerprint density at radius 1 is 1.31 bits per heavy atom. The van der Waals surface area contributed by atoms with Crippen LogP contribution in [-0.2, 0) is 9.47 Å². The van der Waals surface area contributed by atoms with E-state index in [4.69, 9.17) is 21.7 Å². The Morgan fingerprint density at radius 3 is 2.54 bits per heavy atom. The number of piperidine rings is 1. The topological polar surface area (TPSA) is 21.7 Å². The van der Waals surface area contributed by atoms with Gasteiger partial charge >= 0.3 is 0 Å². The summed E-state index contributed by atoms with van der Waals surface area (Å²) in [6.45, 7) is 13.6. The molecule has 0 aromatic heterocycles. The predicted molar refractivity (Wildman–Crippen MR) is 110 cm³/mol. The van der Waals surface area contributed by atoms with Crippen molar-refractivity contribution in [1.29, 1.82) is 0 Å². The van der Waals surface area contributed by atoms with Gasteiger partial charge in [-0.2, -0.15) is 0 Å². The molecule has 0 radical (unpaired) electrons.